The molecule has 0 aliphatic carbocycles. The molecule has 4 heterocycles. The molecule has 0 unspecified atom stereocenters. The zero-order valence-electron chi connectivity index (χ0n) is 17.7. The van der Waals surface area contributed by atoms with Crippen LogP contribution in [0.25, 0.3) is 21.8 Å². The molecule has 10 heteroatoms. The van der Waals surface area contributed by atoms with Crippen molar-refractivity contribution < 1.29 is 12.8 Å². The Morgan fingerprint density at radius 3 is 2.75 bits per heavy atom. The van der Waals surface area contributed by atoms with Crippen molar-refractivity contribution in [3.63, 3.8) is 0 Å². The Morgan fingerprint density at radius 2 is 2.00 bits per heavy atom. The zero-order chi connectivity index (χ0) is 22.1. The number of fused-ring (bicyclic) bond motifs is 1. The van der Waals surface area contributed by atoms with Crippen molar-refractivity contribution in [1.82, 2.24) is 18.8 Å². The summed E-state index contributed by atoms with van der Waals surface area (Å²) < 4.78 is 35.5. The van der Waals surface area contributed by atoms with Crippen molar-refractivity contribution in [1.29, 1.82) is 0 Å². The lowest BCUT2D eigenvalue weighted by Gasteiger charge is -2.25. The average Bonchev–Trinajstić information content (AvgIpc) is 3.57. The van der Waals surface area contributed by atoms with Gasteiger partial charge in [0.15, 0.2) is 5.16 Å². The highest BCUT2D eigenvalue weighted by molar-refractivity contribution is 7.98. The van der Waals surface area contributed by atoms with Crippen LogP contribution in [-0.2, 0) is 22.3 Å². The van der Waals surface area contributed by atoms with Gasteiger partial charge in [-0.15, -0.1) is 11.3 Å². The number of thiophene rings is 1. The van der Waals surface area contributed by atoms with Crippen LogP contribution in [0.1, 0.15) is 31.9 Å². The van der Waals surface area contributed by atoms with Gasteiger partial charge in [-0.1, -0.05) is 24.2 Å². The highest BCUT2D eigenvalue weighted by atomic mass is 32.2. The molecule has 1 saturated heterocycles. The summed E-state index contributed by atoms with van der Waals surface area (Å²) in [6.07, 6.45) is 4.61. The minimum absolute atomic E-state index is 0.321. The molecule has 0 spiro atoms. The molecule has 0 radical (unpaired) electrons. The minimum Gasteiger partial charge on any atom is -0.444 e. The van der Waals surface area contributed by atoms with Crippen LogP contribution in [0.2, 0.25) is 0 Å². The lowest BCUT2D eigenvalue weighted by Crippen LogP contribution is -2.35. The van der Waals surface area contributed by atoms with Crippen LogP contribution >= 0.6 is 23.1 Å². The maximum absolute atomic E-state index is 13.1. The number of imidazole rings is 1. The first-order valence-electron chi connectivity index (χ1n) is 10.7. The van der Waals surface area contributed by atoms with E-state index in [1.807, 2.05) is 23.6 Å². The van der Waals surface area contributed by atoms with Crippen LogP contribution < -0.4 is 0 Å². The van der Waals surface area contributed by atoms with Crippen LogP contribution in [-0.4, -0.2) is 40.3 Å². The molecule has 1 aliphatic rings. The molecule has 0 saturated carbocycles. The molecular weight excluding hydrogens is 464 g/mol. The summed E-state index contributed by atoms with van der Waals surface area (Å²) in [5, 5.41) is 2.84. The van der Waals surface area contributed by atoms with Crippen molar-refractivity contribution in [2.75, 3.05) is 13.1 Å². The molecule has 5 rings (SSSR count). The second-order valence-corrected chi connectivity index (χ2v) is 11.5. The third-order valence-corrected chi connectivity index (χ3v) is 9.35. The fourth-order valence-electron chi connectivity index (χ4n) is 3.94. The van der Waals surface area contributed by atoms with Crippen molar-refractivity contribution >= 4 is 44.2 Å². The maximum Gasteiger partial charge on any atom is 0.243 e. The Bertz CT molecular complexity index is 1320. The van der Waals surface area contributed by atoms with E-state index in [-0.39, 0.29) is 0 Å². The van der Waals surface area contributed by atoms with E-state index in [1.54, 1.807) is 45.8 Å². The van der Waals surface area contributed by atoms with Gasteiger partial charge in [-0.2, -0.15) is 4.31 Å². The summed E-state index contributed by atoms with van der Waals surface area (Å²) in [6.45, 7) is 4.00. The van der Waals surface area contributed by atoms with Gasteiger partial charge in [-0.3, -0.25) is 0 Å². The summed E-state index contributed by atoms with van der Waals surface area (Å²) in [5.74, 6) is 1.25. The largest absolute Gasteiger partial charge is 0.444 e. The number of aromatic nitrogens is 3. The predicted molar refractivity (Wildman–Crippen MR) is 127 cm³/mol. The molecule has 3 aromatic heterocycles. The third-order valence-electron chi connectivity index (χ3n) is 5.59. The van der Waals surface area contributed by atoms with Gasteiger partial charge in [0.25, 0.3) is 0 Å². The Hall–Kier alpha value is -2.14. The number of hydrogen-bond donors (Lipinski definition) is 0. The molecule has 0 bridgehead atoms. The number of thioether (sulfide) groups is 1. The van der Waals surface area contributed by atoms with Gasteiger partial charge < -0.3 is 8.98 Å². The van der Waals surface area contributed by atoms with Crippen LogP contribution in [0.4, 0.5) is 0 Å². The Kier molecular flexibility index (Phi) is 6.11. The molecule has 1 aromatic carbocycles. The number of oxazole rings is 1. The van der Waals surface area contributed by atoms with Crippen LogP contribution in [0, 0.1) is 0 Å². The van der Waals surface area contributed by atoms with Gasteiger partial charge in [0.05, 0.1) is 26.5 Å². The number of aryl methyl sites for hydroxylation is 1. The lowest BCUT2D eigenvalue weighted by atomic mass is 10.2. The Morgan fingerprint density at radius 1 is 1.16 bits per heavy atom. The van der Waals surface area contributed by atoms with Crippen molar-refractivity contribution in [2.24, 2.45) is 0 Å². The van der Waals surface area contributed by atoms with Crippen molar-refractivity contribution in [2.45, 2.75) is 48.5 Å². The number of rotatable bonds is 7. The fourth-order valence-corrected chi connectivity index (χ4v) is 7.09. The summed E-state index contributed by atoms with van der Waals surface area (Å²) in [6, 6.07) is 9.25. The third kappa shape index (κ3) is 4.12. The summed E-state index contributed by atoms with van der Waals surface area (Å²) in [7, 11) is -3.48. The van der Waals surface area contributed by atoms with Gasteiger partial charge in [0.1, 0.15) is 6.26 Å². The van der Waals surface area contributed by atoms with Gasteiger partial charge in [0, 0.05) is 25.4 Å². The van der Waals surface area contributed by atoms with Gasteiger partial charge in [-0.25, -0.2) is 18.4 Å². The topological polar surface area (TPSA) is 81.2 Å². The molecule has 7 nitrogen and oxygen atoms in total. The van der Waals surface area contributed by atoms with Gasteiger partial charge in [-0.05, 0) is 49.4 Å². The van der Waals surface area contributed by atoms with Gasteiger partial charge in [0.2, 0.25) is 15.9 Å². The number of nitrogens with zero attached hydrogens (tertiary/aromatic N) is 4. The van der Waals surface area contributed by atoms with Gasteiger partial charge >= 0.3 is 0 Å². The van der Waals surface area contributed by atoms with Crippen LogP contribution in [0.5, 0.6) is 0 Å². The number of piperidine rings is 1. The summed E-state index contributed by atoms with van der Waals surface area (Å²) >= 11 is 3.17. The van der Waals surface area contributed by atoms with E-state index in [2.05, 4.69) is 16.5 Å². The highest BCUT2D eigenvalue weighted by Gasteiger charge is 2.26. The minimum atomic E-state index is -3.48. The molecule has 32 heavy (non-hydrogen) atoms. The number of hydrogen-bond acceptors (Lipinski definition) is 7. The first kappa shape index (κ1) is 21.7. The Labute approximate surface area is 195 Å². The first-order valence-corrected chi connectivity index (χ1v) is 14.0. The van der Waals surface area contributed by atoms with Crippen molar-refractivity contribution in [3.05, 3.63) is 47.7 Å². The van der Waals surface area contributed by atoms with E-state index >= 15 is 0 Å². The smallest absolute Gasteiger partial charge is 0.243 e. The lowest BCUT2D eigenvalue weighted by molar-refractivity contribution is 0.346. The summed E-state index contributed by atoms with van der Waals surface area (Å²) in [5.41, 5.74) is 2.49. The average molecular weight is 489 g/mol. The second-order valence-electron chi connectivity index (χ2n) is 7.66. The molecule has 1 aliphatic heterocycles. The zero-order valence-corrected chi connectivity index (χ0v) is 20.2. The van der Waals surface area contributed by atoms with E-state index in [1.165, 1.54) is 0 Å². The second kappa shape index (κ2) is 9.01. The monoisotopic (exact) mass is 488 g/mol. The number of sulfonamides is 1. The molecule has 0 N–H and O–H groups in total. The first-order chi connectivity index (χ1) is 15.6. The normalized spacial score (nSPS) is 15.5. The standard InChI is InChI=1S/C22H24N4O3S3/c1-2-26-19-9-8-17(32(27,28)25-10-4-3-5-11-25)13-18(19)24-22(26)31-15-16-14-29-21(23-16)20-7-6-12-30-20/h6-9,12-14H,2-5,10-11,15H2,1H3. The van der Waals surface area contributed by atoms with E-state index in [0.717, 1.165) is 47.1 Å². The highest BCUT2D eigenvalue weighted by Crippen LogP contribution is 2.31. The maximum atomic E-state index is 13.1. The molecular formula is C22H24N4O3S3. The molecule has 4 aromatic rings. The predicted octanol–water partition coefficient (Wildman–Crippen LogP) is 5.24. The Balaban J connectivity index is 1.39. The molecule has 0 atom stereocenters. The molecule has 0 amide bonds. The molecule has 1 fully saturated rings. The van der Waals surface area contributed by atoms with Crippen LogP contribution in [0.3, 0.4) is 0 Å². The fraction of sp³-hybridized carbons (Fsp3) is 0.364. The SMILES string of the molecule is CCn1c(SCc2coc(-c3cccs3)n2)nc2cc(S(=O)(=O)N3CCCCC3)ccc21. The van der Waals surface area contributed by atoms with E-state index < -0.39 is 10.0 Å². The van der Waals surface area contributed by atoms with Crippen LogP contribution in [0.15, 0.2) is 56.4 Å². The molecule has 168 valence electrons. The number of benzene rings is 1. The quantitative estimate of drug-likeness (QED) is 0.331. The van der Waals surface area contributed by atoms with E-state index in [4.69, 9.17) is 9.40 Å². The van der Waals surface area contributed by atoms with E-state index in [0.29, 0.717) is 35.1 Å². The van der Waals surface area contributed by atoms with Crippen molar-refractivity contribution in [3.8, 4) is 10.8 Å². The van der Waals surface area contributed by atoms with E-state index in [9.17, 15) is 8.42 Å². The summed E-state index contributed by atoms with van der Waals surface area (Å²) in [4.78, 5) is 10.7.